The Morgan fingerprint density at radius 2 is 1.90 bits per heavy atom. The molecule has 0 unspecified atom stereocenters. The van der Waals surface area contributed by atoms with Crippen LogP contribution in [0.15, 0.2) is 34.4 Å². The van der Waals surface area contributed by atoms with E-state index in [1.165, 1.54) is 19.1 Å². The molecule has 1 aromatic carbocycles. The Morgan fingerprint density at radius 3 is 2.58 bits per heavy atom. The fourth-order valence-electron chi connectivity index (χ4n) is 2.71. The van der Waals surface area contributed by atoms with E-state index in [9.17, 15) is 18.0 Å². The maximum atomic E-state index is 12.4. The molecule has 0 radical (unpaired) electrons. The zero-order chi connectivity index (χ0) is 22.9. The molecule has 3 N–H and O–H groups in total. The maximum absolute atomic E-state index is 12.4. The first-order chi connectivity index (χ1) is 14.7. The summed E-state index contributed by atoms with van der Waals surface area (Å²) >= 11 is 0. The maximum Gasteiger partial charge on any atom is 0.306 e. The van der Waals surface area contributed by atoms with Gasteiger partial charge in [0.15, 0.2) is 18.1 Å². The third-order valence-electron chi connectivity index (χ3n) is 4.32. The molecule has 0 aromatic heterocycles. The van der Waals surface area contributed by atoms with E-state index in [1.54, 1.807) is 12.1 Å². The molecule has 1 aromatic rings. The summed E-state index contributed by atoms with van der Waals surface area (Å²) in [5.74, 6) is -0.316. The lowest BCUT2D eigenvalue weighted by Crippen LogP contribution is -2.25. The molecule has 2 rings (SSSR count). The molecule has 11 heteroatoms. The van der Waals surface area contributed by atoms with Gasteiger partial charge in [-0.2, -0.15) is 5.26 Å². The lowest BCUT2D eigenvalue weighted by atomic mass is 10.1. The first kappa shape index (κ1) is 24.2. The number of benzene rings is 1. The predicted molar refractivity (Wildman–Crippen MR) is 110 cm³/mol. The number of nitrogens with two attached hydrogens (primary N) is 1. The fourth-order valence-corrected chi connectivity index (χ4v) is 3.80. The molecule has 1 aliphatic heterocycles. The number of allylic oxidation sites excluding steroid dienone is 1. The van der Waals surface area contributed by atoms with E-state index in [0.29, 0.717) is 44.0 Å². The van der Waals surface area contributed by atoms with Crippen molar-refractivity contribution in [3.63, 3.8) is 0 Å². The van der Waals surface area contributed by atoms with Crippen LogP contribution in [-0.2, 0) is 24.3 Å². The molecule has 0 saturated carbocycles. The normalized spacial score (nSPS) is 13.7. The van der Waals surface area contributed by atoms with Crippen LogP contribution in [0.4, 0.5) is 0 Å². The Balaban J connectivity index is 1.67. The molecule has 1 aliphatic rings. The van der Waals surface area contributed by atoms with Crippen molar-refractivity contribution in [2.75, 3.05) is 26.4 Å². The van der Waals surface area contributed by atoms with Crippen molar-refractivity contribution in [1.29, 1.82) is 5.26 Å². The summed E-state index contributed by atoms with van der Waals surface area (Å²) in [7, 11) is -3.69. The Labute approximate surface area is 181 Å². The largest absolute Gasteiger partial charge is 0.486 e. The van der Waals surface area contributed by atoms with Gasteiger partial charge in [-0.25, -0.2) is 13.1 Å². The summed E-state index contributed by atoms with van der Waals surface area (Å²) in [6, 6.07) is 6.11. The Morgan fingerprint density at radius 1 is 1.19 bits per heavy atom. The number of rotatable bonds is 11. The molecule has 0 amide bonds. The second kappa shape index (κ2) is 11.3. The van der Waals surface area contributed by atoms with Crippen molar-refractivity contribution < 1.29 is 32.2 Å². The molecule has 0 saturated heterocycles. The molecule has 0 aliphatic carbocycles. The van der Waals surface area contributed by atoms with Crippen molar-refractivity contribution in [2.24, 2.45) is 5.73 Å². The highest BCUT2D eigenvalue weighted by molar-refractivity contribution is 7.89. The summed E-state index contributed by atoms with van der Waals surface area (Å²) in [5, 5.41) is 8.83. The molecule has 31 heavy (non-hydrogen) atoms. The standard InChI is InChI=1S/C20H25N3O7S/c1-14(22)16(12-21)17(24)13-30-20(25)5-3-2-4-8-23-31(26,27)15-6-7-18-19(11-15)29-10-9-28-18/h6-7,11,23H,2-5,8-10,13,22H2,1H3/b16-14-. The van der Waals surface area contributed by atoms with Crippen molar-refractivity contribution >= 4 is 21.8 Å². The molecule has 0 spiro atoms. The average molecular weight is 452 g/mol. The van der Waals surface area contributed by atoms with Gasteiger partial charge in [-0.3, -0.25) is 9.59 Å². The van der Waals surface area contributed by atoms with E-state index < -0.39 is 28.4 Å². The van der Waals surface area contributed by atoms with Crippen molar-refractivity contribution in [3.05, 3.63) is 29.5 Å². The van der Waals surface area contributed by atoms with Crippen molar-refractivity contribution in [2.45, 2.75) is 37.5 Å². The number of nitrogens with one attached hydrogen (secondary N) is 1. The minimum Gasteiger partial charge on any atom is -0.486 e. The number of Topliss-reactive ketones (excluding diaryl/α,β-unsaturated/α-hetero) is 1. The van der Waals surface area contributed by atoms with E-state index in [-0.39, 0.29) is 29.1 Å². The molecule has 0 atom stereocenters. The number of ether oxygens (including phenoxy) is 3. The fraction of sp³-hybridized carbons (Fsp3) is 0.450. The first-order valence-electron chi connectivity index (χ1n) is 9.69. The van der Waals surface area contributed by atoms with Crippen LogP contribution in [0.3, 0.4) is 0 Å². The molecule has 10 nitrogen and oxygen atoms in total. The number of hydrogen-bond acceptors (Lipinski definition) is 9. The number of carbonyl (C=O) groups excluding carboxylic acids is 2. The van der Waals surface area contributed by atoms with Gasteiger partial charge in [0.1, 0.15) is 24.9 Å². The summed E-state index contributed by atoms with van der Waals surface area (Å²) in [6.45, 7) is 1.87. The van der Waals surface area contributed by atoms with Crippen LogP contribution < -0.4 is 19.9 Å². The van der Waals surface area contributed by atoms with E-state index in [0.717, 1.165) is 0 Å². The van der Waals surface area contributed by atoms with Crippen LogP contribution >= 0.6 is 0 Å². The van der Waals surface area contributed by atoms with Gasteiger partial charge in [-0.1, -0.05) is 6.42 Å². The number of carbonyl (C=O) groups is 2. The van der Waals surface area contributed by atoms with Crippen LogP contribution in [0.2, 0.25) is 0 Å². The summed E-state index contributed by atoms with van der Waals surface area (Å²) < 4.78 is 42.9. The van der Waals surface area contributed by atoms with Gasteiger partial charge in [0, 0.05) is 24.7 Å². The number of nitrogens with zero attached hydrogens (tertiary/aromatic N) is 1. The third kappa shape index (κ3) is 7.27. The van der Waals surface area contributed by atoms with Gasteiger partial charge in [0.25, 0.3) is 0 Å². The second-order valence-corrected chi connectivity index (χ2v) is 8.53. The lowest BCUT2D eigenvalue weighted by Gasteiger charge is -2.18. The van der Waals surface area contributed by atoms with Crippen LogP contribution in [-0.4, -0.2) is 46.5 Å². The SMILES string of the molecule is C/C(N)=C(\C#N)C(=O)COC(=O)CCCCCNS(=O)(=O)c1ccc2c(c1)OCCO2. The molecule has 0 fully saturated rings. The van der Waals surface area contributed by atoms with Crippen LogP contribution in [0.5, 0.6) is 11.5 Å². The highest BCUT2D eigenvalue weighted by Crippen LogP contribution is 2.32. The molecule has 1 heterocycles. The van der Waals surface area contributed by atoms with Crippen LogP contribution in [0.25, 0.3) is 0 Å². The van der Waals surface area contributed by atoms with E-state index >= 15 is 0 Å². The second-order valence-electron chi connectivity index (χ2n) is 6.77. The van der Waals surface area contributed by atoms with Gasteiger partial charge in [0.05, 0.1) is 4.90 Å². The zero-order valence-electron chi connectivity index (χ0n) is 17.2. The zero-order valence-corrected chi connectivity index (χ0v) is 18.0. The Kier molecular flexibility index (Phi) is 8.84. The molecular formula is C20H25N3O7S. The van der Waals surface area contributed by atoms with E-state index in [4.69, 9.17) is 25.2 Å². The minimum atomic E-state index is -3.69. The highest BCUT2D eigenvalue weighted by Gasteiger charge is 2.19. The Bertz CT molecular complexity index is 993. The number of ketones is 1. The molecular weight excluding hydrogens is 426 g/mol. The number of sulfonamides is 1. The predicted octanol–water partition coefficient (Wildman–Crippen LogP) is 1.17. The number of hydrogen-bond donors (Lipinski definition) is 2. The monoisotopic (exact) mass is 451 g/mol. The summed E-state index contributed by atoms with van der Waals surface area (Å²) in [6.07, 6.45) is 1.65. The Hall–Kier alpha value is -3.10. The molecule has 168 valence electrons. The highest BCUT2D eigenvalue weighted by atomic mass is 32.2. The van der Waals surface area contributed by atoms with Gasteiger partial charge >= 0.3 is 5.97 Å². The quantitative estimate of drug-likeness (QED) is 0.218. The average Bonchev–Trinajstić information content (AvgIpc) is 2.74. The smallest absolute Gasteiger partial charge is 0.306 e. The van der Waals surface area contributed by atoms with Crippen LogP contribution in [0.1, 0.15) is 32.6 Å². The van der Waals surface area contributed by atoms with Gasteiger partial charge in [-0.05, 0) is 31.9 Å². The molecule has 0 bridgehead atoms. The first-order valence-corrected chi connectivity index (χ1v) is 11.2. The van der Waals surface area contributed by atoms with Gasteiger partial charge < -0.3 is 19.9 Å². The number of nitriles is 1. The number of unbranched alkanes of at least 4 members (excludes halogenated alkanes) is 2. The van der Waals surface area contributed by atoms with Crippen LogP contribution in [0, 0.1) is 11.3 Å². The van der Waals surface area contributed by atoms with E-state index in [2.05, 4.69) is 4.72 Å². The summed E-state index contributed by atoms with van der Waals surface area (Å²) in [4.78, 5) is 23.5. The number of fused-ring (bicyclic) bond motifs is 1. The van der Waals surface area contributed by atoms with Gasteiger partial charge in [-0.15, -0.1) is 0 Å². The van der Waals surface area contributed by atoms with Crippen molar-refractivity contribution in [3.8, 4) is 17.6 Å². The third-order valence-corrected chi connectivity index (χ3v) is 5.78. The topological polar surface area (TPSA) is 158 Å². The number of esters is 1. The lowest BCUT2D eigenvalue weighted by molar-refractivity contribution is -0.147. The summed E-state index contributed by atoms with van der Waals surface area (Å²) in [5.41, 5.74) is 5.26. The van der Waals surface area contributed by atoms with Crippen molar-refractivity contribution in [1.82, 2.24) is 4.72 Å². The van der Waals surface area contributed by atoms with E-state index in [1.807, 2.05) is 0 Å². The minimum absolute atomic E-state index is 0.0715. The van der Waals surface area contributed by atoms with Gasteiger partial charge in [0.2, 0.25) is 15.8 Å².